The summed E-state index contributed by atoms with van der Waals surface area (Å²) >= 11 is 0. The molecule has 4 amide bonds. The van der Waals surface area contributed by atoms with Crippen LogP contribution in [0.3, 0.4) is 0 Å². The molecule has 0 aromatic heterocycles. The highest BCUT2D eigenvalue weighted by atomic mass is 16.7. The first-order valence-corrected chi connectivity index (χ1v) is 22.4. The van der Waals surface area contributed by atoms with Crippen LogP contribution < -0.4 is 27.4 Å². The number of carbonyl (C=O) groups is 4. The number of alkyl carbamates (subject to hydrolysis) is 1. The molecular formula is C43H77N7O15. The van der Waals surface area contributed by atoms with Gasteiger partial charge in [-0.05, 0) is 113 Å². The molecule has 22 nitrogen and oxygen atoms in total. The highest BCUT2D eigenvalue weighted by Gasteiger charge is 2.54. The highest BCUT2D eigenvalue weighted by molar-refractivity contribution is 5.82. The average Bonchev–Trinajstić information content (AvgIpc) is 3.16. The Balaban J connectivity index is 1.46. The number of nitrogens with two attached hydrogens (primary N) is 2. The van der Waals surface area contributed by atoms with Crippen LogP contribution in [-0.2, 0) is 38.0 Å². The van der Waals surface area contributed by atoms with E-state index in [0.717, 1.165) is 17.7 Å². The van der Waals surface area contributed by atoms with Gasteiger partial charge in [0.05, 0.1) is 37.8 Å². The summed E-state index contributed by atoms with van der Waals surface area (Å²) in [6.07, 6.45) is -8.83. The number of rotatable bonds is 13. The van der Waals surface area contributed by atoms with Crippen molar-refractivity contribution < 1.29 is 72.8 Å². The molecule has 1 aliphatic carbocycles. The molecular weight excluding hydrogens is 855 g/mol. The molecule has 374 valence electrons. The molecule has 3 heterocycles. The third-order valence-corrected chi connectivity index (χ3v) is 11.2. The van der Waals surface area contributed by atoms with Crippen molar-refractivity contribution in [3.05, 3.63) is 11.8 Å². The predicted octanol–water partition coefficient (Wildman–Crippen LogP) is 0.117. The Bertz CT molecular complexity index is 1640. The summed E-state index contributed by atoms with van der Waals surface area (Å²) in [6.45, 7) is 18.1. The van der Waals surface area contributed by atoms with E-state index in [0.29, 0.717) is 44.3 Å². The number of nitrogens with one attached hydrogen (secondary N) is 3. The Labute approximate surface area is 382 Å². The predicted molar refractivity (Wildman–Crippen MR) is 234 cm³/mol. The van der Waals surface area contributed by atoms with Crippen molar-refractivity contribution in [1.82, 2.24) is 25.8 Å². The third-order valence-electron chi connectivity index (χ3n) is 11.2. The third kappa shape index (κ3) is 16.0. The fraction of sp³-hybridized carbons (Fsp3) is 0.860. The fourth-order valence-electron chi connectivity index (χ4n) is 8.03. The summed E-state index contributed by atoms with van der Waals surface area (Å²) in [5, 5.41) is 54.2. The Morgan fingerprint density at radius 3 is 2.11 bits per heavy atom. The topological polar surface area (TPSA) is 308 Å². The van der Waals surface area contributed by atoms with Gasteiger partial charge < -0.3 is 90.8 Å². The summed E-state index contributed by atoms with van der Waals surface area (Å²) in [5.74, 6) is -0.0804. The fourth-order valence-corrected chi connectivity index (χ4v) is 8.03. The normalized spacial score (nSPS) is 32.0. The molecule has 11 N–H and O–H groups in total. The molecule has 2 saturated heterocycles. The maximum absolute atomic E-state index is 13.4. The molecule has 0 aromatic rings. The van der Waals surface area contributed by atoms with Crippen molar-refractivity contribution in [1.29, 1.82) is 0 Å². The van der Waals surface area contributed by atoms with E-state index < -0.39 is 121 Å². The number of carbonyl (C=O) groups excluding carboxylic acids is 4. The average molecular weight is 932 g/mol. The number of aliphatic hydroxyl groups excluding tert-OH is 3. The standard InChI is InChI=1S/C43H77N7O15/c1-40(2,3)63-37(55)47-21-28(51)34(54)48-27-18-26(45)31(29(52)32(27)62-36-30(53)33(43(10,58)22-59-36)49(11)38(56)64-41(4,5)6)61-35-25(44)13-12-24(60-35)20-46-19-23-14-16-50(17-15-23)39(57)65-42(7,8)9/h12,23,25-33,35-36,46,51-53,58H,13-22,44-45H2,1-11H3,(H,47,55)(H,48,54)/t25-,26+,27-,28+,29+,30-,31-,32+,33-,35-,36-,43+/m1/s1. The largest absolute Gasteiger partial charge is 0.467 e. The Hall–Kier alpha value is -3.58. The Morgan fingerprint density at radius 1 is 0.908 bits per heavy atom. The molecule has 22 heteroatoms. The minimum absolute atomic E-state index is 0.106. The van der Waals surface area contributed by atoms with Crippen LogP contribution in [0.4, 0.5) is 14.4 Å². The van der Waals surface area contributed by atoms with Gasteiger partial charge in [0.15, 0.2) is 6.29 Å². The second-order valence-corrected chi connectivity index (χ2v) is 20.8. The zero-order valence-corrected chi connectivity index (χ0v) is 39.9. The van der Waals surface area contributed by atoms with Crippen molar-refractivity contribution in [3.63, 3.8) is 0 Å². The molecule has 0 unspecified atom stereocenters. The molecule has 0 bridgehead atoms. The summed E-state index contributed by atoms with van der Waals surface area (Å²) in [4.78, 5) is 54.0. The van der Waals surface area contributed by atoms with Gasteiger partial charge in [-0.25, -0.2) is 14.4 Å². The molecule has 0 aromatic carbocycles. The second-order valence-electron chi connectivity index (χ2n) is 20.8. The van der Waals surface area contributed by atoms with E-state index in [1.807, 2.05) is 26.8 Å². The summed E-state index contributed by atoms with van der Waals surface area (Å²) in [5.41, 5.74) is 9.00. The molecule has 12 atom stereocenters. The van der Waals surface area contributed by atoms with E-state index in [-0.39, 0.29) is 12.5 Å². The Morgan fingerprint density at radius 2 is 1.51 bits per heavy atom. The lowest BCUT2D eigenvalue weighted by atomic mass is 9.83. The summed E-state index contributed by atoms with van der Waals surface area (Å²) in [6, 6.07) is -4.14. The quantitative estimate of drug-likeness (QED) is 0.111. The van der Waals surface area contributed by atoms with Crippen molar-refractivity contribution in [3.8, 4) is 0 Å². The van der Waals surface area contributed by atoms with Gasteiger partial charge in [-0.1, -0.05) is 0 Å². The highest BCUT2D eigenvalue weighted by Crippen LogP contribution is 2.34. The molecule has 65 heavy (non-hydrogen) atoms. The van der Waals surface area contributed by atoms with Crippen molar-refractivity contribution >= 4 is 24.2 Å². The van der Waals surface area contributed by atoms with E-state index in [9.17, 15) is 39.6 Å². The number of aliphatic hydroxyl groups is 4. The number of likely N-dealkylation sites (N-methyl/N-ethyl adjacent to an activating group) is 1. The van der Waals surface area contributed by atoms with Crippen molar-refractivity contribution in [2.45, 2.75) is 185 Å². The van der Waals surface area contributed by atoms with Gasteiger partial charge in [-0.2, -0.15) is 0 Å². The van der Waals surface area contributed by atoms with Gasteiger partial charge in [0.2, 0.25) is 6.29 Å². The van der Waals surface area contributed by atoms with Crippen LogP contribution in [0.25, 0.3) is 0 Å². The maximum Gasteiger partial charge on any atom is 0.410 e. The summed E-state index contributed by atoms with van der Waals surface area (Å²) < 4.78 is 40.8. The number of hydrogen-bond acceptors (Lipinski definition) is 18. The number of hydrogen-bond donors (Lipinski definition) is 9. The van der Waals surface area contributed by atoms with Gasteiger partial charge in [0, 0.05) is 26.2 Å². The van der Waals surface area contributed by atoms with Crippen LogP contribution in [0.2, 0.25) is 0 Å². The number of ether oxygens (including phenoxy) is 7. The minimum Gasteiger partial charge on any atom is -0.467 e. The van der Waals surface area contributed by atoms with Gasteiger partial charge in [0.1, 0.15) is 58.7 Å². The molecule has 4 aliphatic rings. The molecule has 4 rings (SSSR count). The van der Waals surface area contributed by atoms with Crippen molar-refractivity contribution in [2.24, 2.45) is 17.4 Å². The number of piperidine rings is 1. The van der Waals surface area contributed by atoms with E-state index in [1.54, 1.807) is 46.4 Å². The summed E-state index contributed by atoms with van der Waals surface area (Å²) in [7, 11) is 1.34. The van der Waals surface area contributed by atoms with E-state index in [1.165, 1.54) is 14.0 Å². The maximum atomic E-state index is 13.4. The number of likely N-dealkylation sites (tertiary alicyclic amines) is 1. The zero-order valence-electron chi connectivity index (χ0n) is 39.9. The van der Waals surface area contributed by atoms with Crippen LogP contribution in [0, 0.1) is 5.92 Å². The lowest BCUT2D eigenvalue weighted by molar-refractivity contribution is -0.310. The van der Waals surface area contributed by atoms with Crippen LogP contribution in [0.5, 0.6) is 0 Å². The van der Waals surface area contributed by atoms with Crippen LogP contribution in [0.15, 0.2) is 11.8 Å². The number of nitrogens with zero attached hydrogens (tertiary/aromatic N) is 2. The van der Waals surface area contributed by atoms with E-state index in [2.05, 4.69) is 16.0 Å². The number of amides is 4. The zero-order chi connectivity index (χ0) is 48.8. The molecule has 0 spiro atoms. The SMILES string of the molecule is CN(C(=O)OC(C)(C)C)[C@@H]1[C@@H](O)[C@@H](O[C@@H]2[C@@H](O)[C@H](O[C@H]3OC(CNCC4CCN(C(=O)OC(C)(C)C)CC4)=CC[C@H]3N)[C@@H](N)C[C@H]2NC(=O)[C@@H](O)CNC(=O)OC(C)(C)C)OC[C@]1(C)O. The molecule has 1 saturated carbocycles. The first-order valence-electron chi connectivity index (χ1n) is 22.4. The van der Waals surface area contributed by atoms with Crippen molar-refractivity contribution in [2.75, 3.05) is 46.4 Å². The van der Waals surface area contributed by atoms with Crippen LogP contribution in [-0.4, -0.2) is 190 Å². The second kappa shape index (κ2) is 22.0. The molecule has 3 aliphatic heterocycles. The lowest BCUT2D eigenvalue weighted by Crippen LogP contribution is -2.70. The van der Waals surface area contributed by atoms with Crippen LogP contribution >= 0.6 is 0 Å². The smallest absolute Gasteiger partial charge is 0.410 e. The van der Waals surface area contributed by atoms with Gasteiger partial charge in [-0.15, -0.1) is 0 Å². The van der Waals surface area contributed by atoms with Gasteiger partial charge in [0.25, 0.3) is 5.91 Å². The minimum atomic E-state index is -1.79. The first-order chi connectivity index (χ1) is 29.9. The van der Waals surface area contributed by atoms with E-state index in [4.69, 9.17) is 44.6 Å². The molecule has 0 radical (unpaired) electrons. The van der Waals surface area contributed by atoms with E-state index >= 15 is 0 Å². The Kier molecular flexibility index (Phi) is 18.3. The monoisotopic (exact) mass is 932 g/mol. The van der Waals surface area contributed by atoms with Gasteiger partial charge >= 0.3 is 18.3 Å². The first kappa shape index (κ1) is 54.0. The molecule has 3 fully saturated rings. The van der Waals surface area contributed by atoms with Gasteiger partial charge in [-0.3, -0.25) is 4.79 Å². The van der Waals surface area contributed by atoms with Crippen LogP contribution in [0.1, 0.15) is 94.9 Å². The lowest BCUT2D eigenvalue weighted by Gasteiger charge is -2.50.